The molecule has 2 aromatic carbocycles. The van der Waals surface area contributed by atoms with Gasteiger partial charge in [0.2, 0.25) is 0 Å². The third-order valence-corrected chi connectivity index (χ3v) is 4.72. The maximum Gasteiger partial charge on any atom is 0.273 e. The fourth-order valence-electron chi connectivity index (χ4n) is 3.16. The molecule has 7 heteroatoms. The van der Waals surface area contributed by atoms with Crippen molar-refractivity contribution in [2.45, 2.75) is 6.92 Å². The summed E-state index contributed by atoms with van der Waals surface area (Å²) in [7, 11) is 1.62. The maximum atomic E-state index is 12.9. The summed E-state index contributed by atoms with van der Waals surface area (Å²) in [5.74, 6) is -0.182. The number of nitrogens with zero attached hydrogens (tertiary/aromatic N) is 2. The standard InChI is InChI=1S/C21H18N4O3/c1-12-7-9-13(10-8-12)22-11-15-18(23-24-20(15)27)17-19(26)14-5-3-4-6-16(14)25(2)21(17)28/h3-11,26H,1-2H3,(H2,23,24,27). The minimum Gasteiger partial charge on any atom is -0.506 e. The van der Waals surface area contributed by atoms with Crippen LogP contribution >= 0.6 is 0 Å². The summed E-state index contributed by atoms with van der Waals surface area (Å²) >= 11 is 0. The van der Waals surface area contributed by atoms with Gasteiger partial charge in [-0.2, -0.15) is 0 Å². The van der Waals surface area contributed by atoms with Crippen LogP contribution in [0.4, 0.5) is 5.69 Å². The van der Waals surface area contributed by atoms with Crippen LogP contribution in [-0.4, -0.2) is 26.1 Å². The van der Waals surface area contributed by atoms with Gasteiger partial charge in [-0.1, -0.05) is 29.8 Å². The zero-order valence-electron chi connectivity index (χ0n) is 15.4. The fourth-order valence-corrected chi connectivity index (χ4v) is 3.16. The molecular weight excluding hydrogens is 356 g/mol. The van der Waals surface area contributed by atoms with Crippen molar-refractivity contribution >= 4 is 22.8 Å². The van der Waals surface area contributed by atoms with E-state index in [4.69, 9.17) is 0 Å². The number of aromatic nitrogens is 3. The van der Waals surface area contributed by atoms with Gasteiger partial charge in [-0.3, -0.25) is 24.8 Å². The average molecular weight is 374 g/mol. The number of fused-ring (bicyclic) bond motifs is 1. The summed E-state index contributed by atoms with van der Waals surface area (Å²) in [6.07, 6.45) is 1.39. The minimum atomic E-state index is -0.430. The van der Waals surface area contributed by atoms with Gasteiger partial charge in [-0.05, 0) is 31.2 Å². The largest absolute Gasteiger partial charge is 0.506 e. The molecule has 0 atom stereocenters. The Bertz CT molecular complexity index is 1320. The van der Waals surface area contributed by atoms with E-state index in [1.807, 2.05) is 31.2 Å². The predicted octanol–water partition coefficient (Wildman–Crippen LogP) is 2.99. The highest BCUT2D eigenvalue weighted by Crippen LogP contribution is 2.32. The van der Waals surface area contributed by atoms with Crippen molar-refractivity contribution < 1.29 is 5.11 Å². The van der Waals surface area contributed by atoms with Crippen molar-refractivity contribution in [1.29, 1.82) is 0 Å². The van der Waals surface area contributed by atoms with Crippen molar-refractivity contribution in [2.24, 2.45) is 12.0 Å². The molecule has 2 aromatic heterocycles. The number of hydrogen-bond acceptors (Lipinski definition) is 4. The first-order valence-corrected chi connectivity index (χ1v) is 8.70. The Kier molecular flexibility index (Phi) is 4.19. The highest BCUT2D eigenvalue weighted by molar-refractivity contribution is 5.96. The first-order valence-electron chi connectivity index (χ1n) is 8.70. The fraction of sp³-hybridized carbons (Fsp3) is 0.0952. The molecule has 2 heterocycles. The molecule has 0 aliphatic carbocycles. The summed E-state index contributed by atoms with van der Waals surface area (Å²) in [6, 6.07) is 14.5. The van der Waals surface area contributed by atoms with Crippen LogP contribution in [0.15, 0.2) is 63.1 Å². The lowest BCUT2D eigenvalue weighted by atomic mass is 10.1. The monoisotopic (exact) mass is 374 g/mol. The second-order valence-corrected chi connectivity index (χ2v) is 6.57. The zero-order chi connectivity index (χ0) is 19.8. The molecular formula is C21H18N4O3. The van der Waals surface area contributed by atoms with E-state index in [1.165, 1.54) is 10.8 Å². The predicted molar refractivity (Wildman–Crippen MR) is 110 cm³/mol. The van der Waals surface area contributed by atoms with Crippen LogP contribution in [0.25, 0.3) is 22.2 Å². The van der Waals surface area contributed by atoms with Gasteiger partial charge in [0.05, 0.1) is 22.5 Å². The van der Waals surface area contributed by atoms with E-state index in [9.17, 15) is 14.7 Å². The Balaban J connectivity index is 1.91. The first kappa shape index (κ1) is 17.5. The van der Waals surface area contributed by atoms with Gasteiger partial charge in [0.25, 0.3) is 11.1 Å². The Morgan fingerprint density at radius 1 is 1.04 bits per heavy atom. The molecule has 0 aliphatic heterocycles. The lowest BCUT2D eigenvalue weighted by Gasteiger charge is -2.11. The molecule has 7 nitrogen and oxygen atoms in total. The van der Waals surface area contributed by atoms with Gasteiger partial charge in [0, 0.05) is 18.6 Å². The molecule has 0 saturated carbocycles. The highest BCUT2D eigenvalue weighted by atomic mass is 16.3. The van der Waals surface area contributed by atoms with Gasteiger partial charge in [-0.25, -0.2) is 0 Å². The van der Waals surface area contributed by atoms with Crippen molar-refractivity contribution in [2.75, 3.05) is 0 Å². The third kappa shape index (κ3) is 2.83. The number of H-pyrrole nitrogens is 2. The van der Waals surface area contributed by atoms with Gasteiger partial charge >= 0.3 is 0 Å². The number of aromatic hydroxyl groups is 1. The number of aliphatic imine (C=N–C) groups is 1. The Labute approximate surface area is 159 Å². The van der Waals surface area contributed by atoms with Crippen molar-refractivity contribution in [3.8, 4) is 17.0 Å². The number of aryl methyl sites for hydroxylation is 2. The normalized spacial score (nSPS) is 11.5. The molecule has 0 fully saturated rings. The van der Waals surface area contributed by atoms with E-state index in [-0.39, 0.29) is 22.6 Å². The summed E-state index contributed by atoms with van der Waals surface area (Å²) in [5.41, 5.74) is 1.91. The minimum absolute atomic E-state index is 0.0184. The number of rotatable bonds is 3. The second kappa shape index (κ2) is 6.70. The Morgan fingerprint density at radius 2 is 1.75 bits per heavy atom. The lowest BCUT2D eigenvalue weighted by Crippen LogP contribution is -2.20. The van der Waals surface area contributed by atoms with Crippen LogP contribution in [0, 0.1) is 6.92 Å². The number of benzene rings is 2. The quantitative estimate of drug-likeness (QED) is 0.480. The molecule has 140 valence electrons. The van der Waals surface area contributed by atoms with E-state index in [1.54, 1.807) is 31.3 Å². The number of aromatic amines is 2. The highest BCUT2D eigenvalue weighted by Gasteiger charge is 2.21. The topological polar surface area (TPSA) is 103 Å². The lowest BCUT2D eigenvalue weighted by molar-refractivity contribution is 0.481. The van der Waals surface area contributed by atoms with E-state index < -0.39 is 11.1 Å². The molecule has 0 bridgehead atoms. The van der Waals surface area contributed by atoms with E-state index in [0.29, 0.717) is 16.6 Å². The first-order chi connectivity index (χ1) is 13.5. The third-order valence-electron chi connectivity index (χ3n) is 4.72. The molecule has 0 aliphatic rings. The van der Waals surface area contributed by atoms with E-state index in [2.05, 4.69) is 15.2 Å². The maximum absolute atomic E-state index is 12.9. The average Bonchev–Trinajstić information content (AvgIpc) is 3.06. The van der Waals surface area contributed by atoms with E-state index in [0.717, 1.165) is 5.56 Å². The summed E-state index contributed by atoms with van der Waals surface area (Å²) in [5, 5.41) is 16.5. The number of pyridine rings is 1. The van der Waals surface area contributed by atoms with Crippen LogP contribution in [0.3, 0.4) is 0 Å². The molecule has 0 unspecified atom stereocenters. The number of nitrogens with one attached hydrogen (secondary N) is 2. The summed E-state index contributed by atoms with van der Waals surface area (Å²) < 4.78 is 1.44. The molecule has 4 aromatic rings. The smallest absolute Gasteiger partial charge is 0.273 e. The number of para-hydroxylation sites is 1. The SMILES string of the molecule is Cc1ccc(N=Cc2c(-c3c(O)c4ccccc4n(C)c3=O)[nH][nH]c2=O)cc1. The van der Waals surface area contributed by atoms with Crippen LogP contribution in [0.1, 0.15) is 11.1 Å². The van der Waals surface area contributed by atoms with Crippen molar-refractivity contribution in [3.05, 3.63) is 80.4 Å². The molecule has 0 radical (unpaired) electrons. The molecule has 0 spiro atoms. The summed E-state index contributed by atoms with van der Waals surface area (Å²) in [4.78, 5) is 29.5. The van der Waals surface area contributed by atoms with Crippen LogP contribution < -0.4 is 11.1 Å². The van der Waals surface area contributed by atoms with Crippen molar-refractivity contribution in [1.82, 2.24) is 14.8 Å². The molecule has 3 N–H and O–H groups in total. The molecule has 4 rings (SSSR count). The van der Waals surface area contributed by atoms with Gasteiger partial charge in [0.15, 0.2) is 0 Å². The summed E-state index contributed by atoms with van der Waals surface area (Å²) in [6.45, 7) is 1.97. The van der Waals surface area contributed by atoms with Gasteiger partial charge in [0.1, 0.15) is 11.3 Å². The second-order valence-electron chi connectivity index (χ2n) is 6.57. The number of hydrogen-bond donors (Lipinski definition) is 3. The molecule has 28 heavy (non-hydrogen) atoms. The van der Waals surface area contributed by atoms with Gasteiger partial charge in [-0.15, -0.1) is 0 Å². The zero-order valence-corrected chi connectivity index (χ0v) is 15.4. The van der Waals surface area contributed by atoms with Crippen molar-refractivity contribution in [3.63, 3.8) is 0 Å². The van der Waals surface area contributed by atoms with Crippen LogP contribution in [0.5, 0.6) is 5.75 Å². The van der Waals surface area contributed by atoms with Gasteiger partial charge < -0.3 is 9.67 Å². The van der Waals surface area contributed by atoms with Crippen LogP contribution in [-0.2, 0) is 7.05 Å². The Morgan fingerprint density at radius 3 is 2.50 bits per heavy atom. The Hall–Kier alpha value is -3.87. The molecule has 0 saturated heterocycles. The van der Waals surface area contributed by atoms with E-state index >= 15 is 0 Å². The molecule has 0 amide bonds. The van der Waals surface area contributed by atoms with Crippen LogP contribution in [0.2, 0.25) is 0 Å².